The standard InChI is InChI=1S/C9H11N5/c1-2-8-12-9(14-13-8)6-3-4-11-5-7(6)10/h3-5H,2,10H2,1H3,(H,12,13,14). The summed E-state index contributed by atoms with van der Waals surface area (Å²) in [6.07, 6.45) is 4.10. The molecule has 72 valence electrons. The van der Waals surface area contributed by atoms with Crippen molar-refractivity contribution in [2.45, 2.75) is 13.3 Å². The first kappa shape index (κ1) is 8.68. The van der Waals surface area contributed by atoms with Crippen LogP contribution in [0.25, 0.3) is 11.4 Å². The second-order valence-electron chi connectivity index (χ2n) is 2.92. The van der Waals surface area contributed by atoms with Gasteiger partial charge in [0.05, 0.1) is 11.9 Å². The first-order valence-electron chi connectivity index (χ1n) is 4.42. The van der Waals surface area contributed by atoms with Crippen molar-refractivity contribution in [3.8, 4) is 11.4 Å². The smallest absolute Gasteiger partial charge is 0.183 e. The number of rotatable bonds is 2. The maximum Gasteiger partial charge on any atom is 0.183 e. The maximum absolute atomic E-state index is 5.75. The molecule has 0 spiro atoms. The number of pyridine rings is 1. The van der Waals surface area contributed by atoms with E-state index in [1.807, 2.05) is 6.92 Å². The number of nitrogens with zero attached hydrogens (tertiary/aromatic N) is 3. The van der Waals surface area contributed by atoms with Crippen LogP contribution in [0.15, 0.2) is 18.5 Å². The van der Waals surface area contributed by atoms with E-state index in [9.17, 15) is 0 Å². The van der Waals surface area contributed by atoms with Crippen molar-refractivity contribution >= 4 is 5.69 Å². The molecule has 14 heavy (non-hydrogen) atoms. The third-order valence-corrected chi connectivity index (χ3v) is 1.96. The van der Waals surface area contributed by atoms with Crippen LogP contribution in [0, 0.1) is 0 Å². The highest BCUT2D eigenvalue weighted by atomic mass is 15.2. The summed E-state index contributed by atoms with van der Waals surface area (Å²) >= 11 is 0. The fourth-order valence-electron chi connectivity index (χ4n) is 1.18. The number of hydrogen-bond acceptors (Lipinski definition) is 4. The molecule has 2 aromatic rings. The molecule has 0 aliphatic carbocycles. The van der Waals surface area contributed by atoms with Crippen LogP contribution in [0.3, 0.4) is 0 Å². The highest BCUT2D eigenvalue weighted by molar-refractivity contribution is 5.69. The lowest BCUT2D eigenvalue weighted by Crippen LogP contribution is -1.92. The predicted octanol–water partition coefficient (Wildman–Crippen LogP) is 1.01. The molecule has 0 atom stereocenters. The number of anilines is 1. The van der Waals surface area contributed by atoms with E-state index < -0.39 is 0 Å². The molecule has 0 bridgehead atoms. The molecule has 0 aromatic carbocycles. The molecular weight excluding hydrogens is 178 g/mol. The number of nitrogens with one attached hydrogen (secondary N) is 1. The largest absolute Gasteiger partial charge is 0.397 e. The summed E-state index contributed by atoms with van der Waals surface area (Å²) in [5.41, 5.74) is 7.15. The summed E-state index contributed by atoms with van der Waals surface area (Å²) in [5, 5.41) is 6.92. The topological polar surface area (TPSA) is 80.5 Å². The maximum atomic E-state index is 5.75. The number of aromatic amines is 1. The minimum absolute atomic E-state index is 0.592. The Morgan fingerprint density at radius 2 is 2.36 bits per heavy atom. The minimum atomic E-state index is 0.592. The van der Waals surface area contributed by atoms with Gasteiger partial charge in [-0.05, 0) is 6.07 Å². The van der Waals surface area contributed by atoms with Gasteiger partial charge in [-0.2, -0.15) is 5.10 Å². The van der Waals surface area contributed by atoms with Crippen molar-refractivity contribution in [1.29, 1.82) is 0 Å². The van der Waals surface area contributed by atoms with E-state index >= 15 is 0 Å². The highest BCUT2D eigenvalue weighted by Gasteiger charge is 2.07. The summed E-state index contributed by atoms with van der Waals surface area (Å²) < 4.78 is 0. The fraction of sp³-hybridized carbons (Fsp3) is 0.222. The number of aromatic nitrogens is 4. The monoisotopic (exact) mass is 189 g/mol. The van der Waals surface area contributed by atoms with E-state index in [0.717, 1.165) is 17.8 Å². The van der Waals surface area contributed by atoms with Gasteiger partial charge in [-0.15, -0.1) is 0 Å². The number of nitrogens with two attached hydrogens (primary N) is 1. The molecule has 0 radical (unpaired) electrons. The second kappa shape index (κ2) is 3.45. The van der Waals surface area contributed by atoms with Gasteiger partial charge in [-0.3, -0.25) is 10.1 Å². The summed E-state index contributed by atoms with van der Waals surface area (Å²) in [4.78, 5) is 8.19. The molecule has 0 aliphatic rings. The number of aryl methyl sites for hydroxylation is 1. The zero-order valence-electron chi connectivity index (χ0n) is 7.86. The van der Waals surface area contributed by atoms with Crippen LogP contribution in [0.4, 0.5) is 5.69 Å². The van der Waals surface area contributed by atoms with Gasteiger partial charge in [-0.25, -0.2) is 4.98 Å². The van der Waals surface area contributed by atoms with Crippen molar-refractivity contribution < 1.29 is 0 Å². The van der Waals surface area contributed by atoms with E-state index in [2.05, 4.69) is 20.2 Å². The predicted molar refractivity (Wildman–Crippen MR) is 53.4 cm³/mol. The van der Waals surface area contributed by atoms with Gasteiger partial charge in [0.1, 0.15) is 5.82 Å². The molecule has 5 nitrogen and oxygen atoms in total. The molecule has 0 saturated heterocycles. The average molecular weight is 189 g/mol. The number of nitrogen functional groups attached to an aromatic ring is 1. The van der Waals surface area contributed by atoms with Gasteiger partial charge in [0, 0.05) is 18.2 Å². The Balaban J connectivity index is 2.44. The molecule has 5 heteroatoms. The molecule has 2 aromatic heterocycles. The summed E-state index contributed by atoms with van der Waals surface area (Å²) in [7, 11) is 0. The lowest BCUT2D eigenvalue weighted by molar-refractivity contribution is 0.946. The average Bonchev–Trinajstić information content (AvgIpc) is 2.67. The molecule has 0 amide bonds. The summed E-state index contributed by atoms with van der Waals surface area (Å²) in [6, 6.07) is 1.80. The van der Waals surface area contributed by atoms with Gasteiger partial charge in [0.2, 0.25) is 0 Å². The Morgan fingerprint density at radius 3 is 3.00 bits per heavy atom. The van der Waals surface area contributed by atoms with Crippen LogP contribution >= 0.6 is 0 Å². The molecule has 2 rings (SSSR count). The number of hydrogen-bond donors (Lipinski definition) is 2. The fourth-order valence-corrected chi connectivity index (χ4v) is 1.18. The van der Waals surface area contributed by atoms with E-state index in [1.165, 1.54) is 0 Å². The van der Waals surface area contributed by atoms with Crippen LogP contribution < -0.4 is 5.73 Å². The van der Waals surface area contributed by atoms with E-state index in [-0.39, 0.29) is 0 Å². The van der Waals surface area contributed by atoms with E-state index in [1.54, 1.807) is 18.5 Å². The quantitative estimate of drug-likeness (QED) is 0.738. The molecule has 2 heterocycles. The van der Waals surface area contributed by atoms with Gasteiger partial charge < -0.3 is 5.73 Å². The van der Waals surface area contributed by atoms with Crippen molar-refractivity contribution in [2.75, 3.05) is 5.73 Å². The van der Waals surface area contributed by atoms with Gasteiger partial charge in [0.25, 0.3) is 0 Å². The minimum Gasteiger partial charge on any atom is -0.397 e. The van der Waals surface area contributed by atoms with Crippen LogP contribution in [0.1, 0.15) is 12.7 Å². The SMILES string of the molecule is CCc1nc(-c2ccncc2N)n[nH]1. The van der Waals surface area contributed by atoms with Crippen molar-refractivity contribution in [3.05, 3.63) is 24.3 Å². The number of H-pyrrole nitrogens is 1. The Bertz CT molecular complexity index is 434. The van der Waals surface area contributed by atoms with Crippen LogP contribution in [-0.4, -0.2) is 20.2 Å². The Labute approximate surface area is 81.4 Å². The molecule has 0 unspecified atom stereocenters. The van der Waals surface area contributed by atoms with Gasteiger partial charge in [-0.1, -0.05) is 6.92 Å². The Kier molecular flexibility index (Phi) is 2.14. The van der Waals surface area contributed by atoms with Crippen LogP contribution in [0.5, 0.6) is 0 Å². The molecule has 0 aliphatic heterocycles. The molecule has 0 fully saturated rings. The van der Waals surface area contributed by atoms with Crippen molar-refractivity contribution in [2.24, 2.45) is 0 Å². The summed E-state index contributed by atoms with van der Waals surface area (Å²) in [5.74, 6) is 1.48. The van der Waals surface area contributed by atoms with E-state index in [4.69, 9.17) is 5.73 Å². The Hall–Kier alpha value is -1.91. The van der Waals surface area contributed by atoms with Crippen LogP contribution in [-0.2, 0) is 6.42 Å². The third-order valence-electron chi connectivity index (χ3n) is 1.96. The summed E-state index contributed by atoms with van der Waals surface area (Å²) in [6.45, 7) is 2.01. The molecular formula is C9H11N5. The van der Waals surface area contributed by atoms with Crippen molar-refractivity contribution in [1.82, 2.24) is 20.2 Å². The van der Waals surface area contributed by atoms with Crippen molar-refractivity contribution in [3.63, 3.8) is 0 Å². The zero-order chi connectivity index (χ0) is 9.97. The third kappa shape index (κ3) is 1.44. The second-order valence-corrected chi connectivity index (χ2v) is 2.92. The van der Waals surface area contributed by atoms with Gasteiger partial charge >= 0.3 is 0 Å². The van der Waals surface area contributed by atoms with Gasteiger partial charge in [0.15, 0.2) is 5.82 Å². The van der Waals surface area contributed by atoms with Crippen LogP contribution in [0.2, 0.25) is 0 Å². The normalized spacial score (nSPS) is 10.4. The zero-order valence-corrected chi connectivity index (χ0v) is 7.86. The lowest BCUT2D eigenvalue weighted by atomic mass is 10.2. The first-order valence-corrected chi connectivity index (χ1v) is 4.42. The molecule has 0 saturated carbocycles. The first-order chi connectivity index (χ1) is 6.81. The van der Waals surface area contributed by atoms with E-state index in [0.29, 0.717) is 11.5 Å². The Morgan fingerprint density at radius 1 is 1.50 bits per heavy atom. The lowest BCUT2D eigenvalue weighted by Gasteiger charge is -1.97. The highest BCUT2D eigenvalue weighted by Crippen LogP contribution is 2.20. The molecule has 3 N–H and O–H groups in total.